The second-order valence-corrected chi connectivity index (χ2v) is 6.82. The summed E-state index contributed by atoms with van der Waals surface area (Å²) in [5.74, 6) is 2.20. The molecule has 1 atom stereocenters. The first-order valence-corrected chi connectivity index (χ1v) is 8.27. The van der Waals surface area contributed by atoms with E-state index in [1.54, 1.807) is 0 Å². The summed E-state index contributed by atoms with van der Waals surface area (Å²) in [6, 6.07) is 4.01. The Morgan fingerprint density at radius 3 is 3.20 bits per heavy atom. The van der Waals surface area contributed by atoms with E-state index >= 15 is 0 Å². The largest absolute Gasteiger partial charge is 0.467 e. The summed E-state index contributed by atoms with van der Waals surface area (Å²) < 4.78 is 11.0. The van der Waals surface area contributed by atoms with Gasteiger partial charge in [-0.15, -0.1) is 0 Å². The van der Waals surface area contributed by atoms with Crippen molar-refractivity contribution < 1.29 is 9.47 Å². The van der Waals surface area contributed by atoms with Crippen molar-refractivity contribution >= 4 is 17.4 Å². The van der Waals surface area contributed by atoms with Crippen LogP contribution in [0.1, 0.15) is 24.5 Å². The zero-order valence-corrected chi connectivity index (χ0v) is 12.7. The minimum absolute atomic E-state index is 0.345. The van der Waals surface area contributed by atoms with Crippen LogP contribution in [0.3, 0.4) is 0 Å². The highest BCUT2D eigenvalue weighted by molar-refractivity contribution is 8.00. The molecule has 2 N–H and O–H groups in total. The van der Waals surface area contributed by atoms with Crippen LogP contribution in [0.25, 0.3) is 0 Å². The van der Waals surface area contributed by atoms with Crippen molar-refractivity contribution in [2.24, 2.45) is 0 Å². The summed E-state index contributed by atoms with van der Waals surface area (Å²) in [4.78, 5) is 2.51. The first-order chi connectivity index (χ1) is 9.76. The minimum atomic E-state index is 0.345. The van der Waals surface area contributed by atoms with Crippen LogP contribution in [0, 0.1) is 0 Å². The van der Waals surface area contributed by atoms with Crippen molar-refractivity contribution in [2.45, 2.75) is 31.7 Å². The second kappa shape index (κ2) is 6.24. The Hall–Kier alpha value is -0.910. The number of benzene rings is 1. The fourth-order valence-corrected chi connectivity index (χ4v) is 4.10. The lowest BCUT2D eigenvalue weighted by Gasteiger charge is -2.33. The predicted molar refractivity (Wildman–Crippen MR) is 83.0 cm³/mol. The van der Waals surface area contributed by atoms with Crippen molar-refractivity contribution in [3.8, 4) is 5.75 Å². The molecular weight excluding hydrogens is 272 g/mol. The molecule has 3 rings (SSSR count). The Kier molecular flexibility index (Phi) is 4.38. The van der Waals surface area contributed by atoms with Crippen LogP contribution in [-0.2, 0) is 17.9 Å². The normalized spacial score (nSPS) is 23.1. The van der Waals surface area contributed by atoms with Crippen molar-refractivity contribution in [2.75, 3.05) is 31.4 Å². The molecule has 5 heteroatoms. The van der Waals surface area contributed by atoms with E-state index in [2.05, 4.69) is 23.6 Å². The maximum absolute atomic E-state index is 6.01. The first kappa shape index (κ1) is 14.0. The molecule has 1 aromatic rings. The lowest BCUT2D eigenvalue weighted by Crippen LogP contribution is -2.37. The summed E-state index contributed by atoms with van der Waals surface area (Å²) in [5, 5.41) is 0.755. The molecule has 110 valence electrons. The van der Waals surface area contributed by atoms with E-state index in [0.29, 0.717) is 13.4 Å². The zero-order valence-electron chi connectivity index (χ0n) is 11.9. The van der Waals surface area contributed by atoms with Gasteiger partial charge in [0.15, 0.2) is 6.79 Å². The number of rotatable bonds is 3. The number of anilines is 1. The third kappa shape index (κ3) is 3.05. The zero-order chi connectivity index (χ0) is 13.9. The molecular formula is C15H22N2O2S. The highest BCUT2D eigenvalue weighted by Crippen LogP contribution is 2.32. The summed E-state index contributed by atoms with van der Waals surface area (Å²) >= 11 is 2.09. The van der Waals surface area contributed by atoms with E-state index in [1.807, 2.05) is 12.1 Å². The number of fused-ring (bicyclic) bond motifs is 1. The van der Waals surface area contributed by atoms with E-state index in [0.717, 1.165) is 41.9 Å². The molecule has 20 heavy (non-hydrogen) atoms. The van der Waals surface area contributed by atoms with Crippen LogP contribution in [0.2, 0.25) is 0 Å². The monoisotopic (exact) mass is 294 g/mol. The van der Waals surface area contributed by atoms with Gasteiger partial charge in [-0.1, -0.05) is 6.92 Å². The lowest BCUT2D eigenvalue weighted by atomic mass is 10.1. The van der Waals surface area contributed by atoms with Crippen LogP contribution >= 0.6 is 11.8 Å². The number of nitrogen functional groups attached to an aromatic ring is 1. The number of thioether (sulfide) groups is 1. The molecule has 1 unspecified atom stereocenters. The molecule has 0 radical (unpaired) electrons. The SMILES string of the molecule is CCC1CN(Cc2cc(N)cc3c2OCOC3)CCS1. The molecule has 4 nitrogen and oxygen atoms in total. The van der Waals surface area contributed by atoms with E-state index in [1.165, 1.54) is 17.7 Å². The van der Waals surface area contributed by atoms with Crippen LogP contribution in [0.15, 0.2) is 12.1 Å². The Morgan fingerprint density at radius 1 is 1.45 bits per heavy atom. The Morgan fingerprint density at radius 2 is 2.35 bits per heavy atom. The molecule has 0 amide bonds. The standard InChI is InChI=1S/C15H22N2O2S/c1-2-14-8-17(3-4-20-14)7-11-5-13(16)6-12-9-18-10-19-15(11)12/h5-6,14H,2-4,7-10,16H2,1H3. The van der Waals surface area contributed by atoms with Crippen LogP contribution in [0.5, 0.6) is 5.75 Å². The average molecular weight is 294 g/mol. The van der Waals surface area contributed by atoms with Gasteiger partial charge in [-0.25, -0.2) is 0 Å². The molecule has 2 aliphatic heterocycles. The number of hydrogen-bond acceptors (Lipinski definition) is 5. The van der Waals surface area contributed by atoms with Gasteiger partial charge in [0.2, 0.25) is 0 Å². The lowest BCUT2D eigenvalue weighted by molar-refractivity contribution is -0.0174. The van der Waals surface area contributed by atoms with Gasteiger partial charge in [-0.3, -0.25) is 4.90 Å². The fraction of sp³-hybridized carbons (Fsp3) is 0.600. The molecule has 1 fully saturated rings. The molecule has 0 saturated carbocycles. The van der Waals surface area contributed by atoms with Crippen molar-refractivity contribution in [3.63, 3.8) is 0 Å². The van der Waals surface area contributed by atoms with Crippen molar-refractivity contribution in [3.05, 3.63) is 23.3 Å². The van der Waals surface area contributed by atoms with Gasteiger partial charge in [0.1, 0.15) is 5.75 Å². The summed E-state index contributed by atoms with van der Waals surface area (Å²) in [6.07, 6.45) is 1.24. The maximum atomic E-state index is 6.01. The van der Waals surface area contributed by atoms with Gasteiger partial charge in [-0.05, 0) is 18.6 Å². The number of hydrogen-bond donors (Lipinski definition) is 1. The third-order valence-corrected chi connectivity index (χ3v) is 5.25. The highest BCUT2D eigenvalue weighted by Gasteiger charge is 2.22. The van der Waals surface area contributed by atoms with Gasteiger partial charge < -0.3 is 15.2 Å². The van der Waals surface area contributed by atoms with Crippen LogP contribution in [-0.4, -0.2) is 35.8 Å². The molecule has 0 spiro atoms. The van der Waals surface area contributed by atoms with E-state index in [-0.39, 0.29) is 0 Å². The molecule has 1 aromatic carbocycles. The minimum Gasteiger partial charge on any atom is -0.467 e. The van der Waals surface area contributed by atoms with Gasteiger partial charge in [-0.2, -0.15) is 11.8 Å². The fourth-order valence-electron chi connectivity index (χ4n) is 2.86. The Labute approximate surface area is 124 Å². The van der Waals surface area contributed by atoms with Gasteiger partial charge >= 0.3 is 0 Å². The average Bonchev–Trinajstić information content (AvgIpc) is 2.47. The quantitative estimate of drug-likeness (QED) is 0.868. The van der Waals surface area contributed by atoms with Crippen LogP contribution in [0.4, 0.5) is 5.69 Å². The molecule has 2 heterocycles. The molecule has 2 aliphatic rings. The summed E-state index contributed by atoms with van der Waals surface area (Å²) in [5.41, 5.74) is 9.08. The second-order valence-electron chi connectivity index (χ2n) is 5.42. The highest BCUT2D eigenvalue weighted by atomic mass is 32.2. The maximum Gasteiger partial charge on any atom is 0.189 e. The summed E-state index contributed by atoms with van der Waals surface area (Å²) in [7, 11) is 0. The first-order valence-electron chi connectivity index (χ1n) is 7.22. The molecule has 0 bridgehead atoms. The van der Waals surface area contributed by atoms with E-state index < -0.39 is 0 Å². The number of nitrogens with two attached hydrogens (primary N) is 1. The van der Waals surface area contributed by atoms with Crippen molar-refractivity contribution in [1.82, 2.24) is 4.90 Å². The smallest absolute Gasteiger partial charge is 0.189 e. The van der Waals surface area contributed by atoms with Crippen molar-refractivity contribution in [1.29, 1.82) is 0 Å². The molecule has 0 aromatic heterocycles. The third-order valence-electron chi connectivity index (χ3n) is 3.88. The molecule has 1 saturated heterocycles. The van der Waals surface area contributed by atoms with Gasteiger partial charge in [0.05, 0.1) is 6.61 Å². The van der Waals surface area contributed by atoms with Crippen LogP contribution < -0.4 is 10.5 Å². The Bertz CT molecular complexity index is 481. The molecule has 0 aliphatic carbocycles. The van der Waals surface area contributed by atoms with E-state index in [4.69, 9.17) is 15.2 Å². The number of ether oxygens (including phenoxy) is 2. The topological polar surface area (TPSA) is 47.7 Å². The predicted octanol–water partition coefficient (Wildman–Crippen LogP) is 2.46. The van der Waals surface area contributed by atoms with Gasteiger partial charge in [0, 0.05) is 47.5 Å². The van der Waals surface area contributed by atoms with Gasteiger partial charge in [0.25, 0.3) is 0 Å². The van der Waals surface area contributed by atoms with E-state index in [9.17, 15) is 0 Å². The Balaban J connectivity index is 1.78. The number of nitrogens with zero attached hydrogens (tertiary/aromatic N) is 1. The summed E-state index contributed by atoms with van der Waals surface area (Å²) in [6.45, 7) is 6.43.